The van der Waals surface area contributed by atoms with Crippen LogP contribution in [-0.4, -0.2) is 42.1 Å². The molecular weight excluding hydrogens is 367 g/mol. The van der Waals surface area contributed by atoms with Crippen molar-refractivity contribution in [3.63, 3.8) is 0 Å². The van der Waals surface area contributed by atoms with Crippen LogP contribution in [0.25, 0.3) is 0 Å². The summed E-state index contributed by atoms with van der Waals surface area (Å²) in [4.78, 5) is 24.9. The molecule has 1 aliphatic heterocycles. The molecule has 2 aromatic carbocycles. The van der Waals surface area contributed by atoms with Crippen LogP contribution in [0.5, 0.6) is 5.75 Å². The number of carbonyl (C=O) groups excluding carboxylic acids is 1. The van der Waals surface area contributed by atoms with E-state index in [1.54, 1.807) is 30.2 Å². The second kappa shape index (κ2) is 8.79. The third-order valence-electron chi connectivity index (χ3n) is 4.63. The van der Waals surface area contributed by atoms with E-state index in [4.69, 9.17) is 9.47 Å². The topological polar surface area (TPSA) is 81.9 Å². The molecule has 7 nitrogen and oxygen atoms in total. The highest BCUT2D eigenvalue weighted by Crippen LogP contribution is 2.39. The van der Waals surface area contributed by atoms with Crippen molar-refractivity contribution in [2.45, 2.75) is 25.0 Å². The van der Waals surface area contributed by atoms with Crippen LogP contribution in [0.15, 0.2) is 48.5 Å². The fourth-order valence-electron chi connectivity index (χ4n) is 3.27. The van der Waals surface area contributed by atoms with E-state index in [0.717, 1.165) is 12.8 Å². The zero-order valence-electron chi connectivity index (χ0n) is 15.4. The Bertz CT molecular complexity index is 860. The molecule has 0 bridgehead atoms. The van der Waals surface area contributed by atoms with Crippen molar-refractivity contribution in [3.8, 4) is 5.75 Å². The minimum absolute atomic E-state index is 0.0549. The van der Waals surface area contributed by atoms with Gasteiger partial charge in [-0.1, -0.05) is 18.2 Å². The monoisotopic (exact) mass is 388 g/mol. The van der Waals surface area contributed by atoms with Gasteiger partial charge in [-0.3, -0.25) is 14.9 Å². The average molecular weight is 388 g/mol. The Morgan fingerprint density at radius 2 is 1.96 bits per heavy atom. The van der Waals surface area contributed by atoms with Crippen LogP contribution in [0.4, 0.5) is 10.1 Å². The van der Waals surface area contributed by atoms with E-state index < -0.39 is 22.9 Å². The number of benzene rings is 2. The number of hydrogen-bond donors (Lipinski definition) is 0. The van der Waals surface area contributed by atoms with Crippen molar-refractivity contribution >= 4 is 11.6 Å². The fourth-order valence-corrected chi connectivity index (χ4v) is 3.27. The third kappa shape index (κ3) is 4.28. The number of non-ortho nitro benzene ring substituents is 1. The Morgan fingerprint density at radius 3 is 2.68 bits per heavy atom. The van der Waals surface area contributed by atoms with Gasteiger partial charge in [-0.25, -0.2) is 4.39 Å². The van der Waals surface area contributed by atoms with Gasteiger partial charge in [0, 0.05) is 38.5 Å². The van der Waals surface area contributed by atoms with Gasteiger partial charge in [0.05, 0.1) is 4.92 Å². The second-order valence-electron chi connectivity index (χ2n) is 6.52. The Morgan fingerprint density at radius 1 is 1.18 bits per heavy atom. The summed E-state index contributed by atoms with van der Waals surface area (Å²) in [5, 5.41) is 11.1. The molecule has 3 rings (SSSR count). The molecule has 0 spiro atoms. The molecule has 0 saturated carbocycles. The lowest BCUT2D eigenvalue weighted by Gasteiger charge is -2.46. The number of carbonyl (C=O) groups is 1. The first-order chi connectivity index (χ1) is 13.5. The van der Waals surface area contributed by atoms with Gasteiger partial charge >= 0.3 is 0 Å². The highest BCUT2D eigenvalue weighted by molar-refractivity contribution is 5.89. The molecule has 28 heavy (non-hydrogen) atoms. The van der Waals surface area contributed by atoms with Gasteiger partial charge in [-0.05, 0) is 30.5 Å². The van der Waals surface area contributed by atoms with Crippen molar-refractivity contribution in [3.05, 3.63) is 70.0 Å². The van der Waals surface area contributed by atoms with Crippen molar-refractivity contribution in [1.82, 2.24) is 4.90 Å². The van der Waals surface area contributed by atoms with E-state index in [1.807, 2.05) is 0 Å². The molecule has 2 atom stereocenters. The largest absolute Gasteiger partial charge is 0.478 e. The van der Waals surface area contributed by atoms with E-state index in [-0.39, 0.29) is 17.3 Å². The van der Waals surface area contributed by atoms with Crippen molar-refractivity contribution in [2.75, 3.05) is 20.3 Å². The van der Waals surface area contributed by atoms with Gasteiger partial charge in [-0.15, -0.1) is 0 Å². The molecule has 0 radical (unpaired) electrons. The van der Waals surface area contributed by atoms with Crippen LogP contribution < -0.4 is 4.74 Å². The quantitative estimate of drug-likeness (QED) is 0.284. The molecule has 0 aliphatic carbocycles. The normalized spacial score (nSPS) is 18.6. The maximum atomic E-state index is 13.5. The van der Waals surface area contributed by atoms with Gasteiger partial charge in [-0.2, -0.15) is 0 Å². The smallest absolute Gasteiger partial charge is 0.269 e. The standard InChI is InChI=1S/C20H21FN2O5/c1-27-11-3-2-10-22-18(14-6-4-8-16(12-14)23(25)26)19(20(22)24)28-17-9-5-7-15(21)13-17/h4-9,12-13,18-19H,2-3,10-11H2,1H3/t18-,19+/m1/s1. The molecular formula is C20H21FN2O5. The van der Waals surface area contributed by atoms with E-state index in [0.29, 0.717) is 18.7 Å². The number of unbranched alkanes of at least 4 members (excludes halogenated alkanes) is 1. The van der Waals surface area contributed by atoms with E-state index >= 15 is 0 Å². The Hall–Kier alpha value is -3.00. The number of nitro groups is 1. The maximum Gasteiger partial charge on any atom is 0.269 e. The van der Waals surface area contributed by atoms with Crippen molar-refractivity contribution in [2.24, 2.45) is 0 Å². The minimum Gasteiger partial charge on any atom is -0.478 e. The predicted octanol–water partition coefficient (Wildman–Crippen LogP) is 3.49. The number of methoxy groups -OCH3 is 1. The summed E-state index contributed by atoms with van der Waals surface area (Å²) in [5.41, 5.74) is 0.558. The highest BCUT2D eigenvalue weighted by Gasteiger charge is 2.50. The molecule has 1 saturated heterocycles. The summed E-state index contributed by atoms with van der Waals surface area (Å²) in [6, 6.07) is 11.2. The number of rotatable bonds is 9. The van der Waals surface area contributed by atoms with Crippen molar-refractivity contribution in [1.29, 1.82) is 0 Å². The Balaban J connectivity index is 1.82. The molecule has 1 heterocycles. The first-order valence-electron chi connectivity index (χ1n) is 8.97. The van der Waals surface area contributed by atoms with Gasteiger partial charge in [0.2, 0.25) is 6.10 Å². The summed E-state index contributed by atoms with van der Waals surface area (Å²) in [7, 11) is 1.61. The molecule has 148 valence electrons. The number of ether oxygens (including phenoxy) is 2. The van der Waals surface area contributed by atoms with Crippen molar-refractivity contribution < 1.29 is 23.6 Å². The lowest BCUT2D eigenvalue weighted by Crippen LogP contribution is -2.61. The van der Waals surface area contributed by atoms with Crippen LogP contribution in [0.2, 0.25) is 0 Å². The number of nitro benzene ring substituents is 1. The number of likely N-dealkylation sites (tertiary alicyclic amines) is 1. The van der Waals surface area contributed by atoms with Gasteiger partial charge in [0.25, 0.3) is 11.6 Å². The number of nitrogens with zero attached hydrogens (tertiary/aromatic N) is 2. The molecule has 0 N–H and O–H groups in total. The van der Waals surface area contributed by atoms with E-state index in [9.17, 15) is 19.3 Å². The fraction of sp³-hybridized carbons (Fsp3) is 0.350. The predicted molar refractivity (Wildman–Crippen MR) is 99.5 cm³/mol. The molecule has 1 aliphatic rings. The zero-order valence-corrected chi connectivity index (χ0v) is 15.4. The lowest BCUT2D eigenvalue weighted by atomic mass is 9.89. The summed E-state index contributed by atoms with van der Waals surface area (Å²) in [6.45, 7) is 1.07. The minimum atomic E-state index is -0.855. The molecule has 0 aromatic heterocycles. The van der Waals surface area contributed by atoms with Gasteiger partial charge in [0.15, 0.2) is 0 Å². The molecule has 1 fully saturated rings. The number of amides is 1. The maximum absolute atomic E-state index is 13.5. The zero-order chi connectivity index (χ0) is 20.1. The van der Waals surface area contributed by atoms with Crippen LogP contribution in [0.3, 0.4) is 0 Å². The lowest BCUT2D eigenvalue weighted by molar-refractivity contribution is -0.385. The first kappa shape index (κ1) is 19.8. The SMILES string of the molecule is COCCCCN1C(=O)[C@@H](Oc2cccc(F)c2)[C@H]1c1cccc([N+](=O)[O-])c1. The average Bonchev–Trinajstić information content (AvgIpc) is 2.69. The van der Waals surface area contributed by atoms with Gasteiger partial charge in [0.1, 0.15) is 17.6 Å². The van der Waals surface area contributed by atoms with Crippen LogP contribution >= 0.6 is 0 Å². The third-order valence-corrected chi connectivity index (χ3v) is 4.63. The number of halogens is 1. The molecule has 0 unspecified atom stereocenters. The summed E-state index contributed by atoms with van der Waals surface area (Å²) in [5.74, 6) is -0.446. The highest BCUT2D eigenvalue weighted by atomic mass is 19.1. The second-order valence-corrected chi connectivity index (χ2v) is 6.52. The number of β-lactam (4-membered cyclic amide) rings is 1. The molecule has 2 aromatic rings. The first-order valence-corrected chi connectivity index (χ1v) is 8.97. The van der Waals surface area contributed by atoms with E-state index in [2.05, 4.69) is 0 Å². The summed E-state index contributed by atoms with van der Waals surface area (Å²) < 4.78 is 24.2. The van der Waals surface area contributed by atoms with Crippen LogP contribution in [-0.2, 0) is 9.53 Å². The summed E-state index contributed by atoms with van der Waals surface area (Å²) in [6.07, 6.45) is 0.668. The molecule has 1 amide bonds. The Kier molecular flexibility index (Phi) is 6.20. The molecule has 8 heteroatoms. The van der Waals surface area contributed by atoms with E-state index in [1.165, 1.54) is 30.3 Å². The summed E-state index contributed by atoms with van der Waals surface area (Å²) >= 11 is 0. The van der Waals surface area contributed by atoms with Crippen LogP contribution in [0, 0.1) is 15.9 Å². The van der Waals surface area contributed by atoms with Crippen LogP contribution in [0.1, 0.15) is 24.4 Å². The number of hydrogen-bond acceptors (Lipinski definition) is 5. The van der Waals surface area contributed by atoms with Gasteiger partial charge < -0.3 is 14.4 Å². The Labute approximate surface area is 161 Å².